The molecule has 1 atom stereocenters. The van der Waals surface area contributed by atoms with Crippen LogP contribution in [-0.2, 0) is 13.0 Å². The van der Waals surface area contributed by atoms with Gasteiger partial charge in [0.25, 0.3) is 0 Å². The highest BCUT2D eigenvalue weighted by molar-refractivity contribution is 7.09. The summed E-state index contributed by atoms with van der Waals surface area (Å²) in [5, 5.41) is 2.10. The number of aryl methyl sites for hydroxylation is 1. The Kier molecular flexibility index (Phi) is 5.17. The Morgan fingerprint density at radius 1 is 1.57 bits per heavy atom. The van der Waals surface area contributed by atoms with Gasteiger partial charge in [0.05, 0.1) is 0 Å². The Labute approximate surface area is 128 Å². The number of nitrogens with zero attached hydrogens (tertiary/aromatic N) is 1. The summed E-state index contributed by atoms with van der Waals surface area (Å²) in [4.78, 5) is 15.1. The van der Waals surface area contributed by atoms with Crippen molar-refractivity contribution in [2.24, 2.45) is 5.84 Å². The highest BCUT2D eigenvalue weighted by atomic mass is 32.1. The molecule has 2 aromatic heterocycles. The number of hydrogen-bond donors (Lipinski definition) is 2. The summed E-state index contributed by atoms with van der Waals surface area (Å²) in [6.07, 6.45) is 1.02. The minimum Gasteiger partial charge on any atom is -0.456 e. The molecule has 0 aliphatic heterocycles. The van der Waals surface area contributed by atoms with Crippen LogP contribution in [0.3, 0.4) is 0 Å². The molecule has 0 saturated heterocycles. The van der Waals surface area contributed by atoms with Gasteiger partial charge in [-0.3, -0.25) is 15.1 Å². The Hall–Kier alpha value is -1.63. The molecule has 0 aliphatic carbocycles. The SMILES string of the molecule is Cc1oc(C(=O)NN)cc1CN(C)C(C)Cc1cccs1. The minimum absolute atomic E-state index is 0.254. The second kappa shape index (κ2) is 6.89. The van der Waals surface area contributed by atoms with Crippen molar-refractivity contribution in [1.29, 1.82) is 0 Å². The molecular weight excluding hydrogens is 286 g/mol. The first kappa shape index (κ1) is 15.8. The number of amides is 1. The molecule has 2 heterocycles. The van der Waals surface area contributed by atoms with Crippen LogP contribution in [0.5, 0.6) is 0 Å². The van der Waals surface area contributed by atoms with Crippen molar-refractivity contribution in [1.82, 2.24) is 10.3 Å². The van der Waals surface area contributed by atoms with Crippen molar-refractivity contribution >= 4 is 17.2 Å². The first-order chi connectivity index (χ1) is 10.0. The number of hydrogen-bond acceptors (Lipinski definition) is 5. The van der Waals surface area contributed by atoms with Gasteiger partial charge < -0.3 is 4.42 Å². The number of nitrogen functional groups attached to an aromatic ring is 1. The van der Waals surface area contributed by atoms with E-state index in [4.69, 9.17) is 10.3 Å². The number of likely N-dealkylation sites (N-methyl/N-ethyl adjacent to an activating group) is 1. The number of hydrazine groups is 1. The van der Waals surface area contributed by atoms with Gasteiger partial charge in [0.1, 0.15) is 5.76 Å². The Morgan fingerprint density at radius 3 is 2.95 bits per heavy atom. The molecule has 0 spiro atoms. The second-order valence-electron chi connectivity index (χ2n) is 5.21. The van der Waals surface area contributed by atoms with E-state index in [0.29, 0.717) is 6.04 Å². The molecule has 2 aromatic rings. The Morgan fingerprint density at radius 2 is 2.33 bits per heavy atom. The minimum atomic E-state index is -0.404. The summed E-state index contributed by atoms with van der Waals surface area (Å²) in [6.45, 7) is 4.79. The molecule has 6 heteroatoms. The third-order valence-electron chi connectivity index (χ3n) is 3.62. The normalized spacial score (nSPS) is 12.6. The lowest BCUT2D eigenvalue weighted by molar-refractivity contribution is 0.0924. The molecule has 1 unspecified atom stereocenters. The molecule has 0 fully saturated rings. The van der Waals surface area contributed by atoms with E-state index in [2.05, 4.69) is 41.8 Å². The van der Waals surface area contributed by atoms with Crippen LogP contribution in [0.4, 0.5) is 0 Å². The van der Waals surface area contributed by atoms with Crippen LogP contribution in [0.15, 0.2) is 28.0 Å². The molecule has 114 valence electrons. The number of carbonyl (C=O) groups excluding carboxylic acids is 1. The zero-order valence-corrected chi connectivity index (χ0v) is 13.4. The first-order valence-electron chi connectivity index (χ1n) is 6.84. The van der Waals surface area contributed by atoms with E-state index in [-0.39, 0.29) is 5.76 Å². The van der Waals surface area contributed by atoms with Crippen molar-refractivity contribution in [3.05, 3.63) is 45.5 Å². The van der Waals surface area contributed by atoms with Crippen molar-refractivity contribution < 1.29 is 9.21 Å². The van der Waals surface area contributed by atoms with Gasteiger partial charge in [-0.1, -0.05) is 6.07 Å². The quantitative estimate of drug-likeness (QED) is 0.488. The number of furan rings is 1. The summed E-state index contributed by atoms with van der Waals surface area (Å²) >= 11 is 1.78. The number of nitrogens with two attached hydrogens (primary N) is 1. The van der Waals surface area contributed by atoms with Crippen LogP contribution < -0.4 is 11.3 Å². The summed E-state index contributed by atoms with van der Waals surface area (Å²) < 4.78 is 5.44. The highest BCUT2D eigenvalue weighted by Crippen LogP contribution is 2.19. The van der Waals surface area contributed by atoms with E-state index >= 15 is 0 Å². The maximum Gasteiger partial charge on any atom is 0.300 e. The average molecular weight is 307 g/mol. The monoisotopic (exact) mass is 307 g/mol. The van der Waals surface area contributed by atoms with Gasteiger partial charge in [0, 0.05) is 23.0 Å². The van der Waals surface area contributed by atoms with E-state index in [1.165, 1.54) is 4.88 Å². The van der Waals surface area contributed by atoms with Crippen molar-refractivity contribution in [2.45, 2.75) is 32.9 Å². The van der Waals surface area contributed by atoms with E-state index in [1.807, 2.05) is 6.92 Å². The largest absolute Gasteiger partial charge is 0.456 e. The maximum absolute atomic E-state index is 11.5. The fourth-order valence-corrected chi connectivity index (χ4v) is 2.99. The molecule has 0 aromatic carbocycles. The topological polar surface area (TPSA) is 71.5 Å². The van der Waals surface area contributed by atoms with Crippen molar-refractivity contribution in [3.63, 3.8) is 0 Å². The third kappa shape index (κ3) is 3.93. The maximum atomic E-state index is 11.5. The molecule has 0 saturated carbocycles. The van der Waals surface area contributed by atoms with Crippen LogP contribution in [-0.4, -0.2) is 23.9 Å². The lowest BCUT2D eigenvalue weighted by Gasteiger charge is -2.24. The number of carbonyl (C=O) groups is 1. The summed E-state index contributed by atoms with van der Waals surface area (Å²) in [5.74, 6) is 5.72. The van der Waals surface area contributed by atoms with Gasteiger partial charge in [-0.25, -0.2) is 5.84 Å². The summed E-state index contributed by atoms with van der Waals surface area (Å²) in [7, 11) is 2.08. The van der Waals surface area contributed by atoms with Crippen LogP contribution in [0.25, 0.3) is 0 Å². The number of nitrogens with one attached hydrogen (secondary N) is 1. The molecule has 0 aliphatic rings. The zero-order valence-electron chi connectivity index (χ0n) is 12.6. The lowest BCUT2D eigenvalue weighted by Crippen LogP contribution is -2.30. The van der Waals surface area contributed by atoms with Crippen LogP contribution in [0, 0.1) is 6.92 Å². The highest BCUT2D eigenvalue weighted by Gasteiger charge is 2.17. The molecular formula is C15H21N3O2S. The third-order valence-corrected chi connectivity index (χ3v) is 4.52. The van der Waals surface area contributed by atoms with Gasteiger partial charge >= 0.3 is 5.91 Å². The van der Waals surface area contributed by atoms with Gasteiger partial charge in [-0.05, 0) is 44.8 Å². The predicted octanol–water partition coefficient (Wildman–Crippen LogP) is 2.32. The van der Waals surface area contributed by atoms with E-state index < -0.39 is 5.91 Å². The Balaban J connectivity index is 2.00. The summed E-state index contributed by atoms with van der Waals surface area (Å²) in [5.41, 5.74) is 3.09. The number of rotatable bonds is 6. The van der Waals surface area contributed by atoms with Crippen molar-refractivity contribution in [2.75, 3.05) is 7.05 Å². The number of thiophene rings is 1. The molecule has 0 radical (unpaired) electrons. The van der Waals surface area contributed by atoms with Gasteiger partial charge in [0.2, 0.25) is 0 Å². The molecule has 0 bridgehead atoms. The van der Waals surface area contributed by atoms with Crippen LogP contribution in [0.1, 0.15) is 33.7 Å². The van der Waals surface area contributed by atoms with Crippen LogP contribution in [0.2, 0.25) is 0 Å². The Bertz CT molecular complexity index is 592. The summed E-state index contributed by atoms with van der Waals surface area (Å²) in [6, 6.07) is 6.39. The fourth-order valence-electron chi connectivity index (χ4n) is 2.16. The molecule has 21 heavy (non-hydrogen) atoms. The zero-order chi connectivity index (χ0) is 15.4. The van der Waals surface area contributed by atoms with E-state index in [1.54, 1.807) is 17.4 Å². The van der Waals surface area contributed by atoms with Gasteiger partial charge in [-0.2, -0.15) is 0 Å². The molecule has 3 N–H and O–H groups in total. The average Bonchev–Trinajstić information content (AvgIpc) is 3.08. The van der Waals surface area contributed by atoms with Gasteiger partial charge in [-0.15, -0.1) is 11.3 Å². The van der Waals surface area contributed by atoms with Crippen molar-refractivity contribution in [3.8, 4) is 0 Å². The smallest absolute Gasteiger partial charge is 0.300 e. The standard InChI is InChI=1S/C15H21N3O2S/c1-10(7-13-5-4-6-21-13)18(3)9-12-8-14(15(19)17-16)20-11(12)2/h4-6,8,10H,7,9,16H2,1-3H3,(H,17,19). The predicted molar refractivity (Wildman–Crippen MR) is 84.1 cm³/mol. The van der Waals surface area contributed by atoms with E-state index in [0.717, 1.165) is 24.3 Å². The molecule has 2 rings (SSSR count). The second-order valence-corrected chi connectivity index (χ2v) is 6.25. The molecule has 5 nitrogen and oxygen atoms in total. The fraction of sp³-hybridized carbons (Fsp3) is 0.400. The molecule has 1 amide bonds. The first-order valence-corrected chi connectivity index (χ1v) is 7.72. The van der Waals surface area contributed by atoms with Crippen LogP contribution >= 0.6 is 11.3 Å². The van der Waals surface area contributed by atoms with E-state index in [9.17, 15) is 4.79 Å². The lowest BCUT2D eigenvalue weighted by atomic mass is 10.1. The van der Waals surface area contributed by atoms with Gasteiger partial charge in [0.15, 0.2) is 5.76 Å².